The highest BCUT2D eigenvalue weighted by Crippen LogP contribution is 2.36. The zero-order chi connectivity index (χ0) is 14.7. The third-order valence-electron chi connectivity index (χ3n) is 3.45. The lowest BCUT2D eigenvalue weighted by atomic mass is 10.3. The van der Waals surface area contributed by atoms with E-state index in [2.05, 4.69) is 12.2 Å². The second kappa shape index (κ2) is 6.13. The number of nitrogens with one attached hydrogen (secondary N) is 1. The molecule has 2 N–H and O–H groups in total. The molecule has 0 heterocycles. The van der Waals surface area contributed by atoms with Crippen molar-refractivity contribution in [2.24, 2.45) is 11.8 Å². The van der Waals surface area contributed by atoms with Crippen LogP contribution in [0.3, 0.4) is 0 Å². The molecule has 1 saturated carbocycles. The Hall–Kier alpha value is -1.75. The lowest BCUT2D eigenvalue weighted by molar-refractivity contribution is -0.135. The number of benzene rings is 1. The van der Waals surface area contributed by atoms with E-state index in [1.807, 2.05) is 0 Å². The van der Waals surface area contributed by atoms with Crippen molar-refractivity contribution in [3.8, 4) is 0 Å². The van der Waals surface area contributed by atoms with Gasteiger partial charge < -0.3 is 10.4 Å². The summed E-state index contributed by atoms with van der Waals surface area (Å²) in [7, 11) is 0. The van der Waals surface area contributed by atoms with Crippen molar-refractivity contribution in [2.45, 2.75) is 13.3 Å². The molecule has 2 unspecified atom stereocenters. The van der Waals surface area contributed by atoms with E-state index < -0.39 is 18.5 Å². The van der Waals surface area contributed by atoms with Gasteiger partial charge in [-0.05, 0) is 36.5 Å². The fourth-order valence-corrected chi connectivity index (χ4v) is 2.24. The smallest absolute Gasteiger partial charge is 0.323 e. The first-order valence-electron chi connectivity index (χ1n) is 6.50. The number of carboxylic acid groups (broad SMARTS) is 1. The highest BCUT2D eigenvalue weighted by atomic mass is 35.5. The normalized spacial score (nSPS) is 20.3. The van der Waals surface area contributed by atoms with Crippen LogP contribution in [-0.4, -0.2) is 30.2 Å². The molecular formula is C14H17ClN2O3. The summed E-state index contributed by atoms with van der Waals surface area (Å²) >= 11 is 5.88. The average molecular weight is 297 g/mol. The molecule has 0 radical (unpaired) electrons. The van der Waals surface area contributed by atoms with Gasteiger partial charge in [0.05, 0.1) is 0 Å². The maximum atomic E-state index is 12.1. The van der Waals surface area contributed by atoms with Crippen LogP contribution in [0.1, 0.15) is 13.3 Å². The number of carboxylic acids is 1. The van der Waals surface area contributed by atoms with Gasteiger partial charge in [0.25, 0.3) is 0 Å². The Balaban J connectivity index is 2.05. The first-order valence-corrected chi connectivity index (χ1v) is 6.88. The van der Waals surface area contributed by atoms with Crippen LogP contribution in [0.2, 0.25) is 5.02 Å². The molecule has 2 amide bonds. The third-order valence-corrected chi connectivity index (χ3v) is 3.69. The zero-order valence-electron chi connectivity index (χ0n) is 11.2. The molecule has 1 aromatic carbocycles. The molecule has 20 heavy (non-hydrogen) atoms. The summed E-state index contributed by atoms with van der Waals surface area (Å²) in [5.74, 6) is 0.0688. The second-order valence-electron chi connectivity index (χ2n) is 5.12. The van der Waals surface area contributed by atoms with Crippen molar-refractivity contribution in [2.75, 3.05) is 18.0 Å². The van der Waals surface area contributed by atoms with Gasteiger partial charge in [-0.3, -0.25) is 9.69 Å². The monoisotopic (exact) mass is 296 g/mol. The molecule has 1 aromatic rings. The van der Waals surface area contributed by atoms with Crippen molar-refractivity contribution < 1.29 is 14.7 Å². The van der Waals surface area contributed by atoms with Crippen LogP contribution in [0.4, 0.5) is 10.5 Å². The van der Waals surface area contributed by atoms with Gasteiger partial charge in [-0.15, -0.1) is 0 Å². The summed E-state index contributed by atoms with van der Waals surface area (Å²) in [6.45, 7) is 2.31. The number of carbonyl (C=O) groups is 2. The molecule has 0 aliphatic heterocycles. The van der Waals surface area contributed by atoms with Crippen LogP contribution < -0.4 is 10.2 Å². The Morgan fingerprint density at radius 1 is 1.50 bits per heavy atom. The molecule has 1 aliphatic carbocycles. The van der Waals surface area contributed by atoms with Crippen LogP contribution in [-0.2, 0) is 4.79 Å². The van der Waals surface area contributed by atoms with E-state index >= 15 is 0 Å². The largest absolute Gasteiger partial charge is 0.480 e. The van der Waals surface area contributed by atoms with E-state index in [1.165, 1.54) is 4.90 Å². The van der Waals surface area contributed by atoms with Crippen molar-refractivity contribution in [3.05, 3.63) is 29.3 Å². The molecule has 1 aliphatic rings. The Bertz CT molecular complexity index is 521. The van der Waals surface area contributed by atoms with Gasteiger partial charge in [-0.25, -0.2) is 4.79 Å². The van der Waals surface area contributed by atoms with Gasteiger partial charge in [-0.2, -0.15) is 0 Å². The van der Waals surface area contributed by atoms with Gasteiger partial charge in [0.1, 0.15) is 6.54 Å². The quantitative estimate of drug-likeness (QED) is 0.877. The Labute approximate surface area is 122 Å². The summed E-state index contributed by atoms with van der Waals surface area (Å²) in [5.41, 5.74) is 0.473. The molecule has 0 bridgehead atoms. The molecule has 0 spiro atoms. The summed E-state index contributed by atoms with van der Waals surface area (Å²) in [6.07, 6.45) is 1.11. The summed E-state index contributed by atoms with van der Waals surface area (Å²) in [6, 6.07) is 6.18. The number of nitrogens with zero attached hydrogens (tertiary/aromatic N) is 1. The summed E-state index contributed by atoms with van der Waals surface area (Å²) in [4.78, 5) is 24.2. The van der Waals surface area contributed by atoms with Gasteiger partial charge in [-0.1, -0.05) is 24.6 Å². The van der Waals surface area contributed by atoms with Crippen molar-refractivity contribution >= 4 is 29.3 Å². The minimum Gasteiger partial charge on any atom is -0.480 e. The number of aliphatic carboxylic acids is 1. The topological polar surface area (TPSA) is 69.6 Å². The molecule has 0 saturated heterocycles. The van der Waals surface area contributed by atoms with E-state index in [0.717, 1.165) is 6.42 Å². The maximum Gasteiger partial charge on any atom is 0.323 e. The average Bonchev–Trinajstić information content (AvgIpc) is 3.09. The number of rotatable bonds is 5. The molecule has 6 heteroatoms. The van der Waals surface area contributed by atoms with Gasteiger partial charge in [0.2, 0.25) is 0 Å². The van der Waals surface area contributed by atoms with Crippen molar-refractivity contribution in [1.29, 1.82) is 0 Å². The van der Waals surface area contributed by atoms with Crippen LogP contribution in [0, 0.1) is 11.8 Å². The molecule has 2 rings (SSSR count). The van der Waals surface area contributed by atoms with Crippen LogP contribution >= 0.6 is 11.6 Å². The van der Waals surface area contributed by atoms with E-state index in [9.17, 15) is 9.59 Å². The number of carbonyl (C=O) groups excluding carboxylic acids is 1. The number of hydrogen-bond acceptors (Lipinski definition) is 2. The lowest BCUT2D eigenvalue weighted by Gasteiger charge is -2.21. The molecule has 1 fully saturated rings. The van der Waals surface area contributed by atoms with Gasteiger partial charge in [0.15, 0.2) is 0 Å². The Morgan fingerprint density at radius 3 is 2.75 bits per heavy atom. The summed E-state index contributed by atoms with van der Waals surface area (Å²) < 4.78 is 0. The minimum atomic E-state index is -1.07. The van der Waals surface area contributed by atoms with Gasteiger partial charge >= 0.3 is 12.0 Å². The predicted molar refractivity (Wildman–Crippen MR) is 77.1 cm³/mol. The second-order valence-corrected chi connectivity index (χ2v) is 5.56. The van der Waals surface area contributed by atoms with Crippen molar-refractivity contribution in [3.63, 3.8) is 0 Å². The van der Waals surface area contributed by atoms with Crippen LogP contribution in [0.25, 0.3) is 0 Å². The molecule has 108 valence electrons. The third kappa shape index (κ3) is 3.87. The van der Waals surface area contributed by atoms with E-state index in [1.54, 1.807) is 24.3 Å². The minimum absolute atomic E-state index is 0.396. The van der Waals surface area contributed by atoms with E-state index in [-0.39, 0.29) is 0 Å². The number of halogens is 1. The number of anilines is 1. The zero-order valence-corrected chi connectivity index (χ0v) is 11.9. The lowest BCUT2D eigenvalue weighted by Crippen LogP contribution is -2.43. The standard InChI is InChI=1S/C14H17ClN2O3/c1-9-5-10(9)7-16-14(20)17(8-13(18)19)12-4-2-3-11(15)6-12/h2-4,6,9-10H,5,7-8H2,1H3,(H,16,20)(H,18,19). The van der Waals surface area contributed by atoms with E-state index in [4.69, 9.17) is 16.7 Å². The highest BCUT2D eigenvalue weighted by molar-refractivity contribution is 6.30. The maximum absolute atomic E-state index is 12.1. The molecule has 2 atom stereocenters. The fraction of sp³-hybridized carbons (Fsp3) is 0.429. The molecule has 0 aromatic heterocycles. The summed E-state index contributed by atoms with van der Waals surface area (Å²) in [5, 5.41) is 12.2. The first-order chi connectivity index (χ1) is 9.47. The van der Waals surface area contributed by atoms with Crippen LogP contribution in [0.5, 0.6) is 0 Å². The van der Waals surface area contributed by atoms with E-state index in [0.29, 0.717) is 29.1 Å². The van der Waals surface area contributed by atoms with Crippen molar-refractivity contribution in [1.82, 2.24) is 5.32 Å². The number of amides is 2. The Kier molecular flexibility index (Phi) is 4.49. The fourth-order valence-electron chi connectivity index (χ4n) is 2.06. The first kappa shape index (κ1) is 14.7. The molecule has 5 nitrogen and oxygen atoms in total. The van der Waals surface area contributed by atoms with Crippen LogP contribution in [0.15, 0.2) is 24.3 Å². The number of urea groups is 1. The molecular weight excluding hydrogens is 280 g/mol. The SMILES string of the molecule is CC1CC1CNC(=O)N(CC(=O)O)c1cccc(Cl)c1. The predicted octanol–water partition coefficient (Wildman–Crippen LogP) is 2.60. The number of hydrogen-bond donors (Lipinski definition) is 2. The van der Waals surface area contributed by atoms with Gasteiger partial charge in [0, 0.05) is 17.3 Å². The Morgan fingerprint density at radius 2 is 2.20 bits per heavy atom. The highest BCUT2D eigenvalue weighted by Gasteiger charge is 2.33.